The summed E-state index contributed by atoms with van der Waals surface area (Å²) in [5.74, 6) is 0.838. The highest BCUT2D eigenvalue weighted by Gasteiger charge is 2.13. The minimum absolute atomic E-state index is 0.266. The van der Waals surface area contributed by atoms with Gasteiger partial charge in [0.1, 0.15) is 11.3 Å². The number of aromatic nitrogens is 4. The molecule has 3 aromatic heterocycles. The Morgan fingerprint density at radius 1 is 1.13 bits per heavy atom. The summed E-state index contributed by atoms with van der Waals surface area (Å²) in [6.07, 6.45) is 5.97. The number of fused-ring (bicyclic) bond motifs is 1. The van der Waals surface area contributed by atoms with Gasteiger partial charge in [-0.15, -0.1) is 0 Å². The van der Waals surface area contributed by atoms with Crippen LogP contribution in [-0.4, -0.2) is 32.1 Å². The molecule has 8 heteroatoms. The summed E-state index contributed by atoms with van der Waals surface area (Å²) >= 11 is 6.10. The Morgan fingerprint density at radius 3 is 2.77 bits per heavy atom. The first-order chi connectivity index (χ1) is 14.6. The molecular weight excluding hydrogens is 400 g/mol. The van der Waals surface area contributed by atoms with Crippen LogP contribution in [0.4, 0.5) is 10.5 Å². The van der Waals surface area contributed by atoms with Crippen LogP contribution in [0.3, 0.4) is 0 Å². The van der Waals surface area contributed by atoms with Gasteiger partial charge in [0.15, 0.2) is 5.65 Å². The number of anilines is 1. The van der Waals surface area contributed by atoms with Gasteiger partial charge in [-0.1, -0.05) is 17.7 Å². The van der Waals surface area contributed by atoms with Crippen molar-refractivity contribution >= 4 is 34.5 Å². The smallest absolute Gasteiger partial charge is 0.319 e. The third kappa shape index (κ3) is 4.41. The highest BCUT2D eigenvalue weighted by molar-refractivity contribution is 6.31. The number of benzene rings is 1. The number of carbonyl (C=O) groups is 1. The Balaban J connectivity index is 1.40. The third-order valence-corrected chi connectivity index (χ3v) is 5.12. The van der Waals surface area contributed by atoms with Gasteiger partial charge >= 0.3 is 6.03 Å². The molecule has 2 N–H and O–H groups in total. The van der Waals surface area contributed by atoms with Crippen LogP contribution >= 0.6 is 11.6 Å². The van der Waals surface area contributed by atoms with Gasteiger partial charge in [-0.25, -0.2) is 14.8 Å². The van der Waals surface area contributed by atoms with Gasteiger partial charge in [-0.2, -0.15) is 0 Å². The van der Waals surface area contributed by atoms with E-state index in [1.165, 1.54) is 0 Å². The fraction of sp³-hybridized carbons (Fsp3) is 0.182. The van der Waals surface area contributed by atoms with Crippen molar-refractivity contribution in [1.82, 2.24) is 24.8 Å². The molecule has 30 heavy (non-hydrogen) atoms. The lowest BCUT2D eigenvalue weighted by atomic mass is 10.2. The number of hydrogen-bond acceptors (Lipinski definition) is 4. The maximum Gasteiger partial charge on any atom is 0.319 e. The lowest BCUT2D eigenvalue weighted by Crippen LogP contribution is -2.30. The van der Waals surface area contributed by atoms with Crippen molar-refractivity contribution in [2.45, 2.75) is 19.9 Å². The number of aryl methyl sites for hydroxylation is 2. The molecule has 0 saturated carbocycles. The van der Waals surface area contributed by atoms with Crippen LogP contribution < -0.4 is 10.6 Å². The molecular formula is C22H21ClN6O. The van der Waals surface area contributed by atoms with Crippen molar-refractivity contribution < 1.29 is 4.79 Å². The van der Waals surface area contributed by atoms with Crippen molar-refractivity contribution in [3.8, 4) is 11.4 Å². The zero-order valence-corrected chi connectivity index (χ0v) is 17.2. The Bertz CT molecular complexity index is 1170. The molecule has 4 aromatic rings. The second-order valence-corrected chi connectivity index (χ2v) is 7.27. The molecule has 4 rings (SSSR count). The predicted octanol–water partition coefficient (Wildman–Crippen LogP) is 4.67. The van der Waals surface area contributed by atoms with E-state index >= 15 is 0 Å². The second kappa shape index (κ2) is 8.92. The highest BCUT2D eigenvalue weighted by Crippen LogP contribution is 2.23. The molecule has 0 fully saturated rings. The number of rotatable bonds is 6. The van der Waals surface area contributed by atoms with Crippen LogP contribution in [-0.2, 0) is 6.54 Å². The summed E-state index contributed by atoms with van der Waals surface area (Å²) in [7, 11) is 0. The molecule has 0 atom stereocenters. The molecule has 0 unspecified atom stereocenters. The molecule has 0 saturated heterocycles. The lowest BCUT2D eigenvalue weighted by Gasteiger charge is -2.11. The van der Waals surface area contributed by atoms with Gasteiger partial charge in [0.25, 0.3) is 0 Å². The van der Waals surface area contributed by atoms with E-state index in [4.69, 9.17) is 16.6 Å². The molecule has 1 aromatic carbocycles. The van der Waals surface area contributed by atoms with E-state index in [0.717, 1.165) is 34.5 Å². The number of hydrogen-bond donors (Lipinski definition) is 2. The molecule has 0 aliphatic carbocycles. The Morgan fingerprint density at radius 2 is 1.97 bits per heavy atom. The zero-order valence-electron chi connectivity index (χ0n) is 16.5. The molecule has 0 aliphatic heterocycles. The van der Waals surface area contributed by atoms with Gasteiger partial charge in [0, 0.05) is 48.0 Å². The number of imidazole rings is 1. The van der Waals surface area contributed by atoms with Crippen molar-refractivity contribution in [2.24, 2.45) is 0 Å². The fourth-order valence-electron chi connectivity index (χ4n) is 3.18. The van der Waals surface area contributed by atoms with E-state index in [9.17, 15) is 4.79 Å². The molecule has 7 nitrogen and oxygen atoms in total. The number of halogens is 1. The maximum atomic E-state index is 12.2. The fourth-order valence-corrected chi connectivity index (χ4v) is 3.36. The van der Waals surface area contributed by atoms with E-state index in [1.54, 1.807) is 24.7 Å². The lowest BCUT2D eigenvalue weighted by molar-refractivity contribution is 0.252. The second-order valence-electron chi connectivity index (χ2n) is 6.87. The quantitative estimate of drug-likeness (QED) is 0.444. The summed E-state index contributed by atoms with van der Waals surface area (Å²) < 4.78 is 2.07. The minimum atomic E-state index is -0.266. The minimum Gasteiger partial charge on any atom is -0.338 e. The number of pyridine rings is 2. The van der Waals surface area contributed by atoms with E-state index < -0.39 is 0 Å². The van der Waals surface area contributed by atoms with Gasteiger partial charge in [0.2, 0.25) is 0 Å². The van der Waals surface area contributed by atoms with Crippen molar-refractivity contribution in [3.63, 3.8) is 0 Å². The summed E-state index contributed by atoms with van der Waals surface area (Å²) in [6.45, 7) is 3.09. The number of nitrogens with one attached hydrogen (secondary N) is 2. The molecule has 0 aliphatic rings. The Hall–Kier alpha value is -3.45. The van der Waals surface area contributed by atoms with Crippen LogP contribution in [0.1, 0.15) is 12.0 Å². The summed E-state index contributed by atoms with van der Waals surface area (Å²) in [6, 6.07) is 12.8. The normalized spacial score (nSPS) is 10.9. The average Bonchev–Trinajstić information content (AvgIpc) is 3.13. The van der Waals surface area contributed by atoms with Crippen LogP contribution in [0, 0.1) is 6.92 Å². The largest absolute Gasteiger partial charge is 0.338 e. The third-order valence-electron chi connectivity index (χ3n) is 4.72. The number of nitrogens with zero attached hydrogens (tertiary/aromatic N) is 4. The van der Waals surface area contributed by atoms with Crippen LogP contribution in [0.25, 0.3) is 22.6 Å². The van der Waals surface area contributed by atoms with Gasteiger partial charge < -0.3 is 15.2 Å². The van der Waals surface area contributed by atoms with Gasteiger partial charge in [-0.3, -0.25) is 4.98 Å². The molecule has 3 heterocycles. The van der Waals surface area contributed by atoms with E-state index in [2.05, 4.69) is 25.2 Å². The first-order valence-corrected chi connectivity index (χ1v) is 10.0. The monoisotopic (exact) mass is 420 g/mol. The number of carbonyl (C=O) groups excluding carboxylic acids is 1. The standard InChI is InChI=1S/C22H21ClN6O/c1-15-5-6-17(14-18(15)23)27-22(30)26-10-3-13-29-20(16-7-11-24-12-8-16)28-19-4-2-9-25-21(19)29/h2,4-9,11-12,14H,3,10,13H2,1H3,(H2,26,27,30). The SMILES string of the molecule is Cc1ccc(NC(=O)NCCCn2c(-c3ccncc3)nc3cccnc32)cc1Cl. The first kappa shape index (κ1) is 19.8. The van der Waals surface area contributed by atoms with Gasteiger partial charge in [0.05, 0.1) is 0 Å². The molecule has 0 bridgehead atoms. The first-order valence-electron chi connectivity index (χ1n) is 9.64. The van der Waals surface area contributed by atoms with Crippen LogP contribution in [0.5, 0.6) is 0 Å². The van der Waals surface area contributed by atoms with Gasteiger partial charge in [-0.05, 0) is 55.3 Å². The predicted molar refractivity (Wildman–Crippen MR) is 119 cm³/mol. The molecule has 152 valence electrons. The maximum absolute atomic E-state index is 12.2. The summed E-state index contributed by atoms with van der Waals surface area (Å²) in [4.78, 5) is 25.5. The van der Waals surface area contributed by atoms with E-state index in [-0.39, 0.29) is 6.03 Å². The Kier molecular flexibility index (Phi) is 5.90. The topological polar surface area (TPSA) is 84.7 Å². The molecule has 0 radical (unpaired) electrons. The number of amides is 2. The van der Waals surface area contributed by atoms with Crippen LogP contribution in [0.2, 0.25) is 5.02 Å². The van der Waals surface area contributed by atoms with Crippen LogP contribution in [0.15, 0.2) is 61.1 Å². The van der Waals surface area contributed by atoms with Crippen molar-refractivity contribution in [1.29, 1.82) is 0 Å². The highest BCUT2D eigenvalue weighted by atomic mass is 35.5. The molecule has 2 amide bonds. The Labute approximate surface area is 179 Å². The van der Waals surface area contributed by atoms with E-state index in [0.29, 0.717) is 23.8 Å². The van der Waals surface area contributed by atoms with Crippen molar-refractivity contribution in [2.75, 3.05) is 11.9 Å². The van der Waals surface area contributed by atoms with E-state index in [1.807, 2.05) is 43.3 Å². The number of urea groups is 1. The molecule has 0 spiro atoms. The van der Waals surface area contributed by atoms with Crippen molar-refractivity contribution in [3.05, 3.63) is 71.6 Å². The summed E-state index contributed by atoms with van der Waals surface area (Å²) in [5, 5.41) is 6.30. The zero-order chi connectivity index (χ0) is 20.9. The summed E-state index contributed by atoms with van der Waals surface area (Å²) in [5.41, 5.74) is 4.26. The average molecular weight is 421 g/mol.